The zero-order valence-electron chi connectivity index (χ0n) is 11.0. The average molecular weight is 277 g/mol. The zero-order chi connectivity index (χ0) is 14.8. The number of nitrogens with zero attached hydrogens (tertiary/aromatic N) is 2. The molecule has 3 amide bonds. The molecule has 1 heterocycles. The Morgan fingerprint density at radius 3 is 2.43 bits per heavy atom. The largest absolute Gasteiger partial charge is 0.351 e. The third-order valence-corrected chi connectivity index (χ3v) is 3.13. The molecular weight excluding hydrogens is 266 g/mol. The van der Waals surface area contributed by atoms with Crippen molar-refractivity contribution in [2.24, 2.45) is 10.7 Å². The van der Waals surface area contributed by atoms with Gasteiger partial charge in [-0.3, -0.25) is 9.79 Å². The van der Waals surface area contributed by atoms with E-state index in [4.69, 9.17) is 5.73 Å². The number of benzodiazepines with no additional fused rings is 1. The van der Waals surface area contributed by atoms with Crippen LogP contribution in [0.25, 0.3) is 0 Å². The second-order valence-electron chi connectivity index (χ2n) is 4.43. The van der Waals surface area contributed by atoms with Crippen LogP contribution in [0, 0.1) is 6.54 Å². The lowest BCUT2D eigenvalue weighted by Gasteiger charge is -2.18. The van der Waals surface area contributed by atoms with Crippen LogP contribution in [0.3, 0.4) is 0 Å². The summed E-state index contributed by atoms with van der Waals surface area (Å²) in [6.07, 6.45) is 0. The minimum Gasteiger partial charge on any atom is -0.351 e. The molecule has 0 aliphatic carbocycles. The van der Waals surface area contributed by atoms with Gasteiger partial charge in [0.25, 0.3) is 5.91 Å². The fourth-order valence-corrected chi connectivity index (χ4v) is 2.23. The number of anilines is 1. The van der Waals surface area contributed by atoms with Crippen LogP contribution in [0.2, 0.25) is 0 Å². The summed E-state index contributed by atoms with van der Waals surface area (Å²) in [6, 6.07) is 15.5. The molecule has 0 spiro atoms. The number of rotatable bonds is 1. The summed E-state index contributed by atoms with van der Waals surface area (Å²) in [5.41, 5.74) is 7.76. The van der Waals surface area contributed by atoms with Crippen molar-refractivity contribution in [3.05, 3.63) is 72.3 Å². The predicted octanol–water partition coefficient (Wildman–Crippen LogP) is 1.99. The van der Waals surface area contributed by atoms with Gasteiger partial charge in [0.1, 0.15) is 0 Å². The van der Waals surface area contributed by atoms with Crippen molar-refractivity contribution in [3.63, 3.8) is 0 Å². The molecule has 102 valence electrons. The number of nitrogens with two attached hydrogens (primary N) is 1. The lowest BCUT2D eigenvalue weighted by Crippen LogP contribution is -2.40. The maximum atomic E-state index is 12.0. The molecule has 5 nitrogen and oxygen atoms in total. The maximum absolute atomic E-state index is 12.0. The molecule has 3 rings (SSSR count). The summed E-state index contributed by atoms with van der Waals surface area (Å²) < 4.78 is 0. The molecule has 5 heteroatoms. The third-order valence-electron chi connectivity index (χ3n) is 3.13. The van der Waals surface area contributed by atoms with Gasteiger partial charge in [0.2, 0.25) is 6.54 Å². The fraction of sp³-hybridized carbons (Fsp3) is 0. The first-order valence-electron chi connectivity index (χ1n) is 6.30. The highest BCUT2D eigenvalue weighted by atomic mass is 16.2. The summed E-state index contributed by atoms with van der Waals surface area (Å²) >= 11 is 0. The highest BCUT2D eigenvalue weighted by Crippen LogP contribution is 2.27. The molecule has 2 aromatic rings. The van der Waals surface area contributed by atoms with E-state index in [1.54, 1.807) is 18.2 Å². The number of amides is 3. The number of benzene rings is 2. The van der Waals surface area contributed by atoms with Gasteiger partial charge in [-0.1, -0.05) is 48.5 Å². The molecule has 0 saturated carbocycles. The zero-order valence-corrected chi connectivity index (χ0v) is 11.0. The number of para-hydroxylation sites is 1. The van der Waals surface area contributed by atoms with E-state index in [1.807, 2.05) is 36.4 Å². The summed E-state index contributed by atoms with van der Waals surface area (Å²) in [5.74, 6) is -0.680. The van der Waals surface area contributed by atoms with Crippen LogP contribution >= 0.6 is 0 Å². The van der Waals surface area contributed by atoms with E-state index < -0.39 is 11.9 Å². The molecule has 0 bridgehead atoms. The van der Waals surface area contributed by atoms with Gasteiger partial charge in [-0.2, -0.15) is 0 Å². The Morgan fingerprint density at radius 2 is 1.71 bits per heavy atom. The molecule has 0 aromatic heterocycles. The van der Waals surface area contributed by atoms with Crippen molar-refractivity contribution < 1.29 is 9.59 Å². The highest BCUT2D eigenvalue weighted by Gasteiger charge is 2.28. The molecule has 1 aliphatic heterocycles. The van der Waals surface area contributed by atoms with Crippen molar-refractivity contribution in [3.8, 4) is 0 Å². The van der Waals surface area contributed by atoms with E-state index >= 15 is 0 Å². The van der Waals surface area contributed by atoms with Gasteiger partial charge in [-0.05, 0) is 6.07 Å². The van der Waals surface area contributed by atoms with E-state index in [0.717, 1.165) is 10.5 Å². The van der Waals surface area contributed by atoms with E-state index in [1.165, 1.54) is 0 Å². The van der Waals surface area contributed by atoms with Crippen molar-refractivity contribution >= 4 is 23.3 Å². The molecule has 0 saturated heterocycles. The monoisotopic (exact) mass is 277 g/mol. The lowest BCUT2D eigenvalue weighted by atomic mass is 10.0. The van der Waals surface area contributed by atoms with Gasteiger partial charge in [0.15, 0.2) is 0 Å². The molecule has 2 N–H and O–H groups in total. The first-order valence-corrected chi connectivity index (χ1v) is 6.30. The Labute approximate surface area is 121 Å². The standard InChI is InChI=1S/C16H11N3O2/c17-16(21)19-13-9-5-4-8-12(13)15(18-10-14(19)20)11-6-2-1-3-7-11/h1-9H,(H2,17,21). The van der Waals surface area contributed by atoms with E-state index in [9.17, 15) is 9.59 Å². The number of hydrogen-bond donors (Lipinski definition) is 1. The number of aliphatic imine (C=N–C) groups is 1. The Morgan fingerprint density at radius 1 is 1.05 bits per heavy atom. The van der Waals surface area contributed by atoms with Crippen LogP contribution in [-0.2, 0) is 4.79 Å². The Balaban J connectivity index is 2.21. The second kappa shape index (κ2) is 5.20. The fourth-order valence-electron chi connectivity index (χ4n) is 2.23. The summed E-state index contributed by atoms with van der Waals surface area (Å²) in [5, 5.41) is 0. The predicted molar refractivity (Wildman–Crippen MR) is 78.8 cm³/mol. The molecule has 1 aliphatic rings. The summed E-state index contributed by atoms with van der Waals surface area (Å²) in [7, 11) is 0. The number of hydrogen-bond acceptors (Lipinski definition) is 3. The lowest BCUT2D eigenvalue weighted by molar-refractivity contribution is -0.114. The van der Waals surface area contributed by atoms with Crippen LogP contribution in [0.5, 0.6) is 0 Å². The number of carbonyl (C=O) groups excluding carboxylic acids is 2. The third kappa shape index (κ3) is 2.29. The van der Waals surface area contributed by atoms with E-state index in [-0.39, 0.29) is 0 Å². The SMILES string of the molecule is NC(=O)N1C(=O)[C]N=C(c2ccccc2)c2ccccc21. The molecule has 0 atom stereocenters. The van der Waals surface area contributed by atoms with Crippen molar-refractivity contribution in [2.45, 2.75) is 0 Å². The first-order chi connectivity index (χ1) is 10.2. The van der Waals surface area contributed by atoms with E-state index in [2.05, 4.69) is 11.5 Å². The van der Waals surface area contributed by atoms with Crippen molar-refractivity contribution in [2.75, 3.05) is 4.90 Å². The topological polar surface area (TPSA) is 75.8 Å². The van der Waals surface area contributed by atoms with Crippen LogP contribution in [0.15, 0.2) is 59.6 Å². The number of urea groups is 1. The molecule has 0 unspecified atom stereocenters. The molecular formula is C16H11N3O2. The number of carbonyl (C=O) groups is 2. The molecule has 0 fully saturated rings. The molecule has 2 aromatic carbocycles. The Bertz CT molecular complexity index is 738. The van der Waals surface area contributed by atoms with Gasteiger partial charge in [-0.25, -0.2) is 9.69 Å². The highest BCUT2D eigenvalue weighted by molar-refractivity contribution is 6.26. The number of fused-ring (bicyclic) bond motifs is 1. The van der Waals surface area contributed by atoms with Crippen LogP contribution in [0.1, 0.15) is 11.1 Å². The van der Waals surface area contributed by atoms with Crippen LogP contribution in [-0.4, -0.2) is 17.6 Å². The van der Waals surface area contributed by atoms with Crippen molar-refractivity contribution in [1.82, 2.24) is 0 Å². The van der Waals surface area contributed by atoms with Crippen LogP contribution in [0.4, 0.5) is 10.5 Å². The van der Waals surface area contributed by atoms with Gasteiger partial charge in [-0.15, -0.1) is 0 Å². The van der Waals surface area contributed by atoms with Crippen LogP contribution < -0.4 is 10.6 Å². The number of imide groups is 1. The molecule has 21 heavy (non-hydrogen) atoms. The minimum atomic E-state index is -0.857. The van der Waals surface area contributed by atoms with Gasteiger partial charge in [0, 0.05) is 11.1 Å². The van der Waals surface area contributed by atoms with Gasteiger partial charge >= 0.3 is 6.03 Å². The quantitative estimate of drug-likeness (QED) is 0.865. The summed E-state index contributed by atoms with van der Waals surface area (Å²) in [4.78, 5) is 28.5. The number of primary amides is 1. The first kappa shape index (κ1) is 13.1. The smallest absolute Gasteiger partial charge is 0.326 e. The Kier molecular flexibility index (Phi) is 3.23. The minimum absolute atomic E-state index is 0.405. The van der Waals surface area contributed by atoms with E-state index in [0.29, 0.717) is 17.0 Å². The van der Waals surface area contributed by atoms with Crippen molar-refractivity contribution in [1.29, 1.82) is 0 Å². The Hall–Kier alpha value is -2.95. The van der Waals surface area contributed by atoms with Gasteiger partial charge in [0.05, 0.1) is 11.4 Å². The second-order valence-corrected chi connectivity index (χ2v) is 4.43. The maximum Gasteiger partial charge on any atom is 0.326 e. The summed E-state index contributed by atoms with van der Waals surface area (Å²) in [6.45, 7) is 2.35. The van der Waals surface area contributed by atoms with Gasteiger partial charge < -0.3 is 5.73 Å². The average Bonchev–Trinajstić information content (AvgIpc) is 2.64. The molecule has 2 radical (unpaired) electrons. The normalized spacial score (nSPS) is 14.2.